The Labute approximate surface area is 88.4 Å². The minimum absolute atomic E-state index is 0.541. The van der Waals surface area contributed by atoms with E-state index in [0.717, 1.165) is 6.54 Å². The summed E-state index contributed by atoms with van der Waals surface area (Å²) in [7, 11) is 0. The molecule has 2 fully saturated rings. The summed E-state index contributed by atoms with van der Waals surface area (Å²) < 4.78 is 0. The van der Waals surface area contributed by atoms with Gasteiger partial charge >= 0.3 is 0 Å². The average Bonchev–Trinajstić information content (AvgIpc) is 2.76. The van der Waals surface area contributed by atoms with E-state index in [2.05, 4.69) is 6.92 Å². The van der Waals surface area contributed by atoms with Crippen LogP contribution in [0.25, 0.3) is 0 Å². The minimum Gasteiger partial charge on any atom is -0.330 e. The molecular weight excluding hydrogens is 170 g/mol. The van der Waals surface area contributed by atoms with Crippen molar-refractivity contribution in [1.29, 1.82) is 0 Å². The molecule has 2 aliphatic rings. The molecule has 0 heterocycles. The Hall–Kier alpha value is -0.0400. The predicted molar refractivity (Wildman–Crippen MR) is 61.1 cm³/mol. The maximum absolute atomic E-state index is 6.01. The molecule has 2 saturated carbocycles. The molecule has 0 unspecified atom stereocenters. The fourth-order valence-corrected chi connectivity index (χ4v) is 3.89. The van der Waals surface area contributed by atoms with Crippen LogP contribution in [0.2, 0.25) is 0 Å². The summed E-state index contributed by atoms with van der Waals surface area (Å²) in [5.74, 6) is 0. The first kappa shape index (κ1) is 10.5. The van der Waals surface area contributed by atoms with E-state index in [0.29, 0.717) is 10.8 Å². The van der Waals surface area contributed by atoms with Gasteiger partial charge in [-0.25, -0.2) is 0 Å². The molecule has 0 spiro atoms. The highest BCUT2D eigenvalue weighted by Crippen LogP contribution is 2.51. The van der Waals surface area contributed by atoms with Crippen LogP contribution in [0, 0.1) is 10.8 Å². The van der Waals surface area contributed by atoms with Crippen molar-refractivity contribution in [2.24, 2.45) is 16.6 Å². The molecule has 0 bridgehead atoms. The summed E-state index contributed by atoms with van der Waals surface area (Å²) in [4.78, 5) is 0. The van der Waals surface area contributed by atoms with Crippen LogP contribution < -0.4 is 5.73 Å². The lowest BCUT2D eigenvalue weighted by Gasteiger charge is -2.36. The second kappa shape index (κ2) is 3.84. The first-order valence-electron chi connectivity index (χ1n) is 6.38. The van der Waals surface area contributed by atoms with Gasteiger partial charge in [-0.05, 0) is 49.5 Å². The van der Waals surface area contributed by atoms with Crippen LogP contribution >= 0.6 is 0 Å². The van der Waals surface area contributed by atoms with E-state index in [9.17, 15) is 0 Å². The second-order valence-corrected chi connectivity index (χ2v) is 6.11. The Morgan fingerprint density at radius 2 is 1.43 bits per heavy atom. The van der Waals surface area contributed by atoms with Crippen molar-refractivity contribution >= 4 is 0 Å². The van der Waals surface area contributed by atoms with Gasteiger partial charge in [-0.15, -0.1) is 0 Å². The van der Waals surface area contributed by atoms with Crippen LogP contribution in [0.1, 0.15) is 64.7 Å². The third-order valence-electron chi connectivity index (χ3n) is 4.71. The van der Waals surface area contributed by atoms with Gasteiger partial charge in [0.2, 0.25) is 0 Å². The molecule has 0 aromatic heterocycles. The standard InChI is InChI=1S/C13H25N/c1-12(6-2-3-7-12)10-13(11-14)8-4-5-9-13/h2-11,14H2,1H3. The Morgan fingerprint density at radius 1 is 0.929 bits per heavy atom. The van der Waals surface area contributed by atoms with Crippen molar-refractivity contribution in [3.63, 3.8) is 0 Å². The van der Waals surface area contributed by atoms with Crippen LogP contribution in [0.5, 0.6) is 0 Å². The molecule has 82 valence electrons. The summed E-state index contributed by atoms with van der Waals surface area (Å²) >= 11 is 0. The molecule has 2 N–H and O–H groups in total. The molecule has 0 amide bonds. The Kier molecular flexibility index (Phi) is 2.88. The van der Waals surface area contributed by atoms with Crippen LogP contribution in [-0.2, 0) is 0 Å². The van der Waals surface area contributed by atoms with Crippen LogP contribution in [0.4, 0.5) is 0 Å². The van der Waals surface area contributed by atoms with Gasteiger partial charge in [0.05, 0.1) is 0 Å². The lowest BCUT2D eigenvalue weighted by molar-refractivity contribution is 0.157. The monoisotopic (exact) mass is 195 g/mol. The molecule has 2 aliphatic carbocycles. The van der Waals surface area contributed by atoms with Crippen molar-refractivity contribution in [2.45, 2.75) is 64.7 Å². The summed E-state index contributed by atoms with van der Waals surface area (Å²) in [6, 6.07) is 0. The summed E-state index contributed by atoms with van der Waals surface area (Å²) in [6.07, 6.45) is 12.9. The molecule has 0 atom stereocenters. The quantitative estimate of drug-likeness (QED) is 0.733. The highest BCUT2D eigenvalue weighted by atomic mass is 14.6. The molecule has 1 heteroatoms. The SMILES string of the molecule is CC1(CC2(CN)CCCC2)CCCC1. The van der Waals surface area contributed by atoms with Gasteiger partial charge in [0, 0.05) is 0 Å². The fraction of sp³-hybridized carbons (Fsp3) is 1.00. The highest BCUT2D eigenvalue weighted by molar-refractivity contribution is 4.93. The number of rotatable bonds is 3. The molecule has 0 radical (unpaired) electrons. The largest absolute Gasteiger partial charge is 0.330 e. The molecule has 2 rings (SSSR count). The van der Waals surface area contributed by atoms with Gasteiger partial charge in [-0.3, -0.25) is 0 Å². The number of hydrogen-bond donors (Lipinski definition) is 1. The van der Waals surface area contributed by atoms with Crippen molar-refractivity contribution in [3.05, 3.63) is 0 Å². The van der Waals surface area contributed by atoms with Gasteiger partial charge in [-0.1, -0.05) is 32.6 Å². The minimum atomic E-state index is 0.541. The van der Waals surface area contributed by atoms with Gasteiger partial charge in [0.1, 0.15) is 0 Å². The normalized spacial score (nSPS) is 29.6. The van der Waals surface area contributed by atoms with Crippen molar-refractivity contribution < 1.29 is 0 Å². The average molecular weight is 195 g/mol. The van der Waals surface area contributed by atoms with E-state index in [1.165, 1.54) is 57.8 Å². The van der Waals surface area contributed by atoms with Gasteiger partial charge in [0.25, 0.3) is 0 Å². The van der Waals surface area contributed by atoms with E-state index >= 15 is 0 Å². The Morgan fingerprint density at radius 3 is 1.93 bits per heavy atom. The lowest BCUT2D eigenvalue weighted by Crippen LogP contribution is -2.33. The van der Waals surface area contributed by atoms with Crippen molar-refractivity contribution in [1.82, 2.24) is 0 Å². The van der Waals surface area contributed by atoms with E-state index in [1.54, 1.807) is 0 Å². The van der Waals surface area contributed by atoms with Gasteiger partial charge in [0.15, 0.2) is 0 Å². The second-order valence-electron chi connectivity index (χ2n) is 6.11. The molecule has 0 saturated heterocycles. The highest BCUT2D eigenvalue weighted by Gasteiger charge is 2.40. The molecule has 0 aromatic carbocycles. The lowest BCUT2D eigenvalue weighted by atomic mass is 9.70. The zero-order chi connectivity index (χ0) is 10.1. The zero-order valence-corrected chi connectivity index (χ0v) is 9.65. The van der Waals surface area contributed by atoms with Crippen LogP contribution in [-0.4, -0.2) is 6.54 Å². The van der Waals surface area contributed by atoms with Gasteiger partial charge in [-0.2, -0.15) is 0 Å². The van der Waals surface area contributed by atoms with E-state index in [-0.39, 0.29) is 0 Å². The van der Waals surface area contributed by atoms with Crippen LogP contribution in [0.15, 0.2) is 0 Å². The third kappa shape index (κ3) is 1.98. The van der Waals surface area contributed by atoms with E-state index in [1.807, 2.05) is 0 Å². The molecule has 14 heavy (non-hydrogen) atoms. The van der Waals surface area contributed by atoms with Crippen molar-refractivity contribution in [2.75, 3.05) is 6.54 Å². The summed E-state index contributed by atoms with van der Waals surface area (Å²) in [5, 5.41) is 0. The first-order chi connectivity index (χ1) is 6.68. The maximum Gasteiger partial charge on any atom is -0.00203 e. The summed E-state index contributed by atoms with van der Waals surface area (Å²) in [5.41, 5.74) is 7.19. The van der Waals surface area contributed by atoms with Crippen molar-refractivity contribution in [3.8, 4) is 0 Å². The van der Waals surface area contributed by atoms with Gasteiger partial charge < -0.3 is 5.73 Å². The Balaban J connectivity index is 1.99. The van der Waals surface area contributed by atoms with Crippen LogP contribution in [0.3, 0.4) is 0 Å². The Bertz CT molecular complexity index is 185. The number of nitrogens with two attached hydrogens (primary N) is 1. The molecule has 1 nitrogen and oxygen atoms in total. The topological polar surface area (TPSA) is 26.0 Å². The van der Waals surface area contributed by atoms with E-state index in [4.69, 9.17) is 5.73 Å². The zero-order valence-electron chi connectivity index (χ0n) is 9.65. The molecule has 0 aliphatic heterocycles. The maximum atomic E-state index is 6.01. The molecular formula is C13H25N. The number of hydrogen-bond acceptors (Lipinski definition) is 1. The predicted octanol–water partition coefficient (Wildman–Crippen LogP) is 3.48. The molecule has 0 aromatic rings. The summed E-state index contributed by atoms with van der Waals surface area (Å²) in [6.45, 7) is 3.43. The first-order valence-corrected chi connectivity index (χ1v) is 6.38. The fourth-order valence-electron chi connectivity index (χ4n) is 3.89. The third-order valence-corrected chi connectivity index (χ3v) is 4.71. The smallest absolute Gasteiger partial charge is 0.00203 e. The van der Waals surface area contributed by atoms with E-state index < -0.39 is 0 Å².